The first-order chi connectivity index (χ1) is 13.8. The van der Waals surface area contributed by atoms with Crippen molar-refractivity contribution in [1.29, 1.82) is 0 Å². The molecule has 0 bridgehead atoms. The number of hydrogen-bond donors (Lipinski definition) is 0. The zero-order valence-corrected chi connectivity index (χ0v) is 17.8. The average molecular weight is 412 g/mol. The highest BCUT2D eigenvalue weighted by Crippen LogP contribution is 2.24. The summed E-state index contributed by atoms with van der Waals surface area (Å²) in [6.07, 6.45) is 2.05. The molecular formula is C21H22FN5OS. The average Bonchev–Trinajstić information content (AvgIpc) is 3.26. The number of halogens is 1. The van der Waals surface area contributed by atoms with Crippen molar-refractivity contribution < 1.29 is 9.18 Å². The number of rotatable bonds is 4. The third kappa shape index (κ3) is 3.33. The Bertz CT molecular complexity index is 1220. The van der Waals surface area contributed by atoms with Gasteiger partial charge in [-0.2, -0.15) is 5.10 Å². The van der Waals surface area contributed by atoms with E-state index in [4.69, 9.17) is 0 Å². The van der Waals surface area contributed by atoms with Gasteiger partial charge in [0.15, 0.2) is 4.96 Å². The predicted octanol–water partition coefficient (Wildman–Crippen LogP) is 4.23. The Morgan fingerprint density at radius 3 is 2.52 bits per heavy atom. The Kier molecular flexibility index (Phi) is 4.74. The van der Waals surface area contributed by atoms with Crippen LogP contribution in [0.25, 0.3) is 10.6 Å². The van der Waals surface area contributed by atoms with Crippen molar-refractivity contribution in [3.63, 3.8) is 0 Å². The summed E-state index contributed by atoms with van der Waals surface area (Å²) in [4.78, 5) is 21.7. The van der Waals surface area contributed by atoms with Gasteiger partial charge in [-0.25, -0.2) is 14.1 Å². The van der Waals surface area contributed by atoms with E-state index in [9.17, 15) is 9.18 Å². The van der Waals surface area contributed by atoms with Crippen LogP contribution in [0.15, 0.2) is 30.5 Å². The normalized spacial score (nSPS) is 11.4. The topological polar surface area (TPSA) is 55.4 Å². The summed E-state index contributed by atoms with van der Waals surface area (Å²) in [5, 5.41) is 4.51. The molecule has 0 atom stereocenters. The number of imidazole rings is 1. The lowest BCUT2D eigenvalue weighted by molar-refractivity contribution is 0.0781. The first-order valence-electron chi connectivity index (χ1n) is 9.28. The molecular weight excluding hydrogens is 389 g/mol. The van der Waals surface area contributed by atoms with Crippen LogP contribution in [0.3, 0.4) is 0 Å². The molecule has 4 aromatic rings. The Morgan fingerprint density at radius 2 is 1.83 bits per heavy atom. The molecule has 4 rings (SSSR count). The molecule has 1 amide bonds. The molecule has 0 fully saturated rings. The molecule has 0 N–H and O–H groups in total. The summed E-state index contributed by atoms with van der Waals surface area (Å²) < 4.78 is 17.0. The molecule has 0 saturated carbocycles. The molecule has 0 unspecified atom stereocenters. The van der Waals surface area contributed by atoms with Crippen molar-refractivity contribution in [2.45, 2.75) is 34.2 Å². The number of fused-ring (bicyclic) bond motifs is 1. The van der Waals surface area contributed by atoms with Gasteiger partial charge in [-0.1, -0.05) is 0 Å². The van der Waals surface area contributed by atoms with Crippen LogP contribution in [0.5, 0.6) is 0 Å². The van der Waals surface area contributed by atoms with Crippen molar-refractivity contribution in [3.05, 3.63) is 69.5 Å². The summed E-state index contributed by atoms with van der Waals surface area (Å²) in [5.41, 5.74) is 4.58. The molecule has 150 valence electrons. The smallest absolute Gasteiger partial charge is 0.257 e. The molecule has 3 aromatic heterocycles. The SMILES string of the molecule is Cc1cn2c(CN(C)C(=O)c3c(C)nn(-c4ccc(F)cc4)c3C)c(C)nc2s1. The lowest BCUT2D eigenvalue weighted by atomic mass is 10.1. The minimum atomic E-state index is -0.308. The van der Waals surface area contributed by atoms with Gasteiger partial charge in [0, 0.05) is 18.1 Å². The quantitative estimate of drug-likeness (QED) is 0.505. The second-order valence-electron chi connectivity index (χ2n) is 7.23. The van der Waals surface area contributed by atoms with Crippen molar-refractivity contribution in [3.8, 4) is 5.69 Å². The molecule has 0 spiro atoms. The van der Waals surface area contributed by atoms with E-state index in [0.717, 1.165) is 27.7 Å². The molecule has 29 heavy (non-hydrogen) atoms. The van der Waals surface area contributed by atoms with Crippen LogP contribution in [0.2, 0.25) is 0 Å². The molecule has 0 aliphatic heterocycles. The van der Waals surface area contributed by atoms with Crippen molar-refractivity contribution >= 4 is 22.2 Å². The van der Waals surface area contributed by atoms with Gasteiger partial charge in [-0.15, -0.1) is 11.3 Å². The Hall–Kier alpha value is -3.00. The third-order valence-corrected chi connectivity index (χ3v) is 5.95. The van der Waals surface area contributed by atoms with Crippen molar-refractivity contribution in [1.82, 2.24) is 24.1 Å². The van der Waals surface area contributed by atoms with Crippen LogP contribution in [-0.4, -0.2) is 37.0 Å². The standard InChI is InChI=1S/C21H22FN5OS/c1-12-10-26-18(13(2)23-21(26)29-12)11-25(5)20(28)19-14(3)24-27(15(19)4)17-8-6-16(22)7-9-17/h6-10H,11H2,1-5H3. The van der Waals surface area contributed by atoms with Gasteiger partial charge in [0.1, 0.15) is 5.82 Å². The molecule has 6 nitrogen and oxygen atoms in total. The summed E-state index contributed by atoms with van der Waals surface area (Å²) in [5.74, 6) is -0.410. The van der Waals surface area contributed by atoms with Gasteiger partial charge in [0.05, 0.1) is 40.6 Å². The maximum absolute atomic E-state index is 13.3. The van der Waals surface area contributed by atoms with Gasteiger partial charge < -0.3 is 4.90 Å². The summed E-state index contributed by atoms with van der Waals surface area (Å²) in [7, 11) is 1.79. The number of carbonyl (C=O) groups excluding carboxylic acids is 1. The molecule has 0 radical (unpaired) electrons. The Morgan fingerprint density at radius 1 is 1.14 bits per heavy atom. The first kappa shape index (κ1) is 19.3. The second kappa shape index (κ2) is 7.11. The van der Waals surface area contributed by atoms with Crippen LogP contribution in [-0.2, 0) is 6.54 Å². The van der Waals surface area contributed by atoms with E-state index in [0.29, 0.717) is 17.8 Å². The van der Waals surface area contributed by atoms with E-state index in [2.05, 4.69) is 20.7 Å². The van der Waals surface area contributed by atoms with Crippen LogP contribution in [0.1, 0.15) is 38.0 Å². The Balaban J connectivity index is 1.65. The largest absolute Gasteiger partial charge is 0.336 e. The van der Waals surface area contributed by atoms with Gasteiger partial charge in [-0.05, 0) is 52.0 Å². The molecule has 0 saturated heterocycles. The number of amides is 1. The van der Waals surface area contributed by atoms with E-state index < -0.39 is 0 Å². The molecule has 1 aromatic carbocycles. The summed E-state index contributed by atoms with van der Waals surface area (Å²) >= 11 is 1.63. The van der Waals surface area contributed by atoms with Gasteiger partial charge >= 0.3 is 0 Å². The van der Waals surface area contributed by atoms with Crippen LogP contribution >= 0.6 is 11.3 Å². The number of aryl methyl sites for hydroxylation is 3. The summed E-state index contributed by atoms with van der Waals surface area (Å²) in [6.45, 7) is 8.13. The molecule has 0 aliphatic rings. The zero-order valence-electron chi connectivity index (χ0n) is 17.0. The number of carbonyl (C=O) groups is 1. The van der Waals surface area contributed by atoms with Gasteiger partial charge in [-0.3, -0.25) is 9.20 Å². The number of aromatic nitrogens is 4. The maximum Gasteiger partial charge on any atom is 0.257 e. The number of hydrogen-bond acceptors (Lipinski definition) is 4. The lowest BCUT2D eigenvalue weighted by Crippen LogP contribution is -2.28. The van der Waals surface area contributed by atoms with Crippen LogP contribution < -0.4 is 0 Å². The van der Waals surface area contributed by atoms with Gasteiger partial charge in [0.2, 0.25) is 0 Å². The highest BCUT2D eigenvalue weighted by atomic mass is 32.1. The first-order valence-corrected chi connectivity index (χ1v) is 10.1. The minimum absolute atomic E-state index is 0.102. The fourth-order valence-corrected chi connectivity index (χ4v) is 4.46. The number of benzene rings is 1. The van der Waals surface area contributed by atoms with Crippen LogP contribution in [0.4, 0.5) is 4.39 Å². The van der Waals surface area contributed by atoms with Crippen molar-refractivity contribution in [2.24, 2.45) is 0 Å². The fourth-order valence-electron chi connectivity index (χ4n) is 3.57. The fraction of sp³-hybridized carbons (Fsp3) is 0.286. The predicted molar refractivity (Wildman–Crippen MR) is 111 cm³/mol. The van der Waals surface area contributed by atoms with E-state index in [1.54, 1.807) is 40.1 Å². The second-order valence-corrected chi connectivity index (χ2v) is 8.45. The third-order valence-electron chi connectivity index (χ3n) is 5.05. The number of thiazole rings is 1. The monoisotopic (exact) mass is 411 g/mol. The van der Waals surface area contributed by atoms with E-state index in [1.165, 1.54) is 17.0 Å². The lowest BCUT2D eigenvalue weighted by Gasteiger charge is -2.17. The molecule has 8 heteroatoms. The maximum atomic E-state index is 13.3. The molecule has 0 aliphatic carbocycles. The van der Waals surface area contributed by atoms with Crippen molar-refractivity contribution in [2.75, 3.05) is 7.05 Å². The summed E-state index contributed by atoms with van der Waals surface area (Å²) in [6, 6.07) is 6.07. The van der Waals surface area contributed by atoms with Crippen LogP contribution in [0, 0.1) is 33.5 Å². The highest BCUT2D eigenvalue weighted by Gasteiger charge is 2.24. The highest BCUT2D eigenvalue weighted by molar-refractivity contribution is 7.17. The van der Waals surface area contributed by atoms with E-state index in [1.807, 2.05) is 27.7 Å². The molecule has 3 heterocycles. The minimum Gasteiger partial charge on any atom is -0.336 e. The van der Waals surface area contributed by atoms with E-state index in [-0.39, 0.29) is 11.7 Å². The van der Waals surface area contributed by atoms with E-state index >= 15 is 0 Å². The zero-order chi connectivity index (χ0) is 20.9. The Labute approximate surface area is 172 Å². The number of nitrogens with zero attached hydrogens (tertiary/aromatic N) is 5. The van der Waals surface area contributed by atoms with Gasteiger partial charge in [0.25, 0.3) is 5.91 Å².